The molecule has 1 fully saturated rings. The number of benzene rings is 1. The van der Waals surface area contributed by atoms with Gasteiger partial charge in [-0.15, -0.1) is 0 Å². The van der Waals surface area contributed by atoms with Crippen molar-refractivity contribution in [3.05, 3.63) is 46.2 Å². The van der Waals surface area contributed by atoms with Crippen LogP contribution in [0.15, 0.2) is 34.9 Å². The third kappa shape index (κ3) is 3.06. The molecule has 0 bridgehead atoms. The Morgan fingerprint density at radius 1 is 1.45 bits per heavy atom. The molecule has 6 heteroatoms. The Bertz CT molecular complexity index is 632. The van der Waals surface area contributed by atoms with E-state index in [1.165, 1.54) is 19.1 Å². The molecular weight excluding hydrogens is 279 g/mol. The summed E-state index contributed by atoms with van der Waals surface area (Å²) in [6, 6.07) is 7.69. The van der Waals surface area contributed by atoms with Gasteiger partial charge in [-0.3, -0.25) is 9.59 Å². The van der Waals surface area contributed by atoms with Crippen LogP contribution in [0.1, 0.15) is 12.5 Å². The highest BCUT2D eigenvalue weighted by molar-refractivity contribution is 8.04. The van der Waals surface area contributed by atoms with E-state index >= 15 is 0 Å². The van der Waals surface area contributed by atoms with E-state index in [4.69, 9.17) is 5.26 Å². The second kappa shape index (κ2) is 5.88. The van der Waals surface area contributed by atoms with Gasteiger partial charge < -0.3 is 5.32 Å². The zero-order chi connectivity index (χ0) is 14.7. The molecule has 1 aromatic rings. The quantitative estimate of drug-likeness (QED) is 0.682. The Balaban J connectivity index is 2.16. The number of rotatable bonds is 3. The van der Waals surface area contributed by atoms with Crippen LogP contribution in [-0.4, -0.2) is 16.9 Å². The number of hydrogen-bond acceptors (Lipinski definition) is 4. The number of carbonyl (C=O) groups is 2. The van der Waals surface area contributed by atoms with Crippen molar-refractivity contribution in [3.8, 4) is 6.07 Å². The average Bonchev–Trinajstić information content (AvgIpc) is 2.74. The highest BCUT2D eigenvalue weighted by atomic mass is 32.2. The maximum atomic E-state index is 12.8. The predicted molar refractivity (Wildman–Crippen MR) is 72.9 cm³/mol. The van der Waals surface area contributed by atoms with Gasteiger partial charge in [-0.05, 0) is 31.0 Å². The molecule has 1 aliphatic heterocycles. The lowest BCUT2D eigenvalue weighted by atomic mass is 10.1. The molecule has 0 aromatic heterocycles. The fourth-order valence-electron chi connectivity index (χ4n) is 1.80. The molecule has 20 heavy (non-hydrogen) atoms. The van der Waals surface area contributed by atoms with Crippen LogP contribution in [0.2, 0.25) is 0 Å². The predicted octanol–water partition coefficient (Wildman–Crippen LogP) is 1.92. The molecule has 102 valence electrons. The highest BCUT2D eigenvalue weighted by Gasteiger charge is 2.32. The van der Waals surface area contributed by atoms with E-state index in [9.17, 15) is 14.0 Å². The Labute approximate surface area is 119 Å². The van der Waals surface area contributed by atoms with Gasteiger partial charge in [0.05, 0.1) is 10.3 Å². The summed E-state index contributed by atoms with van der Waals surface area (Å²) in [4.78, 5) is 23.1. The fourth-order valence-corrected chi connectivity index (χ4v) is 2.99. The number of nitrogens with one attached hydrogen (secondary N) is 1. The number of hydrogen-bond donors (Lipinski definition) is 1. The summed E-state index contributed by atoms with van der Waals surface area (Å²) in [5.74, 6) is -0.956. The summed E-state index contributed by atoms with van der Waals surface area (Å²) in [5, 5.41) is 11.4. The SMILES string of the molecule is CC(=O)/C(C#N)=C1\NC(=O)[C@H](Cc2ccc(F)cc2)S1. The number of nitriles is 1. The summed E-state index contributed by atoms with van der Waals surface area (Å²) < 4.78 is 12.8. The Kier molecular flexibility index (Phi) is 4.20. The van der Waals surface area contributed by atoms with E-state index in [1.54, 1.807) is 18.2 Å². The third-order valence-corrected chi connectivity index (χ3v) is 4.02. The first kappa shape index (κ1) is 14.3. The van der Waals surface area contributed by atoms with Crippen molar-refractivity contribution in [2.75, 3.05) is 0 Å². The minimum atomic E-state index is -0.418. The van der Waals surface area contributed by atoms with E-state index in [0.29, 0.717) is 11.4 Å². The van der Waals surface area contributed by atoms with Crippen LogP contribution in [0.5, 0.6) is 0 Å². The number of thioether (sulfide) groups is 1. The molecule has 1 aliphatic rings. The monoisotopic (exact) mass is 290 g/mol. The molecule has 1 atom stereocenters. The molecule has 1 saturated heterocycles. The number of nitrogens with zero attached hydrogens (tertiary/aromatic N) is 1. The molecule has 0 saturated carbocycles. The first-order valence-electron chi connectivity index (χ1n) is 5.88. The Morgan fingerprint density at radius 2 is 2.10 bits per heavy atom. The molecule has 0 unspecified atom stereocenters. The summed E-state index contributed by atoms with van der Waals surface area (Å²) in [6.45, 7) is 1.28. The minimum Gasteiger partial charge on any atom is -0.318 e. The number of ketones is 1. The van der Waals surface area contributed by atoms with E-state index in [-0.39, 0.29) is 23.1 Å². The van der Waals surface area contributed by atoms with Gasteiger partial charge in [0.1, 0.15) is 17.5 Å². The second-order valence-electron chi connectivity index (χ2n) is 4.30. The lowest BCUT2D eigenvalue weighted by Crippen LogP contribution is -2.24. The number of Topliss-reactive ketones (excluding diaryl/α,β-unsaturated/α-hetero) is 1. The van der Waals surface area contributed by atoms with Crippen LogP contribution in [0.25, 0.3) is 0 Å². The van der Waals surface area contributed by atoms with Gasteiger partial charge in [0.25, 0.3) is 0 Å². The molecule has 0 aliphatic carbocycles. The smallest absolute Gasteiger partial charge is 0.238 e. The maximum absolute atomic E-state index is 12.8. The van der Waals surface area contributed by atoms with Crippen LogP contribution in [0, 0.1) is 17.1 Å². The molecule has 1 N–H and O–H groups in total. The van der Waals surface area contributed by atoms with E-state index < -0.39 is 5.25 Å². The zero-order valence-corrected chi connectivity index (χ0v) is 11.5. The van der Waals surface area contributed by atoms with Crippen LogP contribution in [0.4, 0.5) is 4.39 Å². The summed E-state index contributed by atoms with van der Waals surface area (Å²) in [6.07, 6.45) is 0.414. The van der Waals surface area contributed by atoms with Gasteiger partial charge in [0.15, 0.2) is 5.78 Å². The van der Waals surface area contributed by atoms with E-state index in [0.717, 1.165) is 17.3 Å². The van der Waals surface area contributed by atoms with Gasteiger partial charge in [-0.1, -0.05) is 23.9 Å². The van der Waals surface area contributed by atoms with Crippen molar-refractivity contribution in [1.82, 2.24) is 5.32 Å². The van der Waals surface area contributed by atoms with Gasteiger partial charge in [-0.25, -0.2) is 4.39 Å². The van der Waals surface area contributed by atoms with Gasteiger partial charge >= 0.3 is 0 Å². The van der Waals surface area contributed by atoms with E-state index in [1.807, 2.05) is 0 Å². The van der Waals surface area contributed by atoms with Crippen molar-refractivity contribution in [2.24, 2.45) is 0 Å². The number of allylic oxidation sites excluding steroid dienone is 1. The van der Waals surface area contributed by atoms with E-state index in [2.05, 4.69) is 5.32 Å². The first-order chi connectivity index (χ1) is 9.51. The molecule has 2 rings (SSSR count). The summed E-state index contributed by atoms with van der Waals surface area (Å²) in [5.41, 5.74) is 0.784. The normalized spacial score (nSPS) is 20.2. The van der Waals surface area contributed by atoms with Crippen molar-refractivity contribution >= 4 is 23.5 Å². The Morgan fingerprint density at radius 3 is 2.65 bits per heavy atom. The molecule has 4 nitrogen and oxygen atoms in total. The topological polar surface area (TPSA) is 70.0 Å². The largest absolute Gasteiger partial charge is 0.318 e. The lowest BCUT2D eigenvalue weighted by molar-refractivity contribution is -0.119. The number of amides is 1. The van der Waals surface area contributed by atoms with Crippen LogP contribution >= 0.6 is 11.8 Å². The molecule has 1 amide bonds. The maximum Gasteiger partial charge on any atom is 0.238 e. The first-order valence-corrected chi connectivity index (χ1v) is 6.76. The lowest BCUT2D eigenvalue weighted by Gasteiger charge is -2.05. The zero-order valence-electron chi connectivity index (χ0n) is 10.6. The highest BCUT2D eigenvalue weighted by Crippen LogP contribution is 2.31. The molecule has 0 radical (unpaired) electrons. The number of carbonyl (C=O) groups excluding carboxylic acids is 2. The molecule has 1 heterocycles. The van der Waals surface area contributed by atoms with Gasteiger partial charge in [0.2, 0.25) is 5.91 Å². The third-order valence-electron chi connectivity index (χ3n) is 2.81. The molecular formula is C14H11FN2O2S. The van der Waals surface area contributed by atoms with Gasteiger partial charge in [-0.2, -0.15) is 5.26 Å². The fraction of sp³-hybridized carbons (Fsp3) is 0.214. The molecule has 1 aromatic carbocycles. The summed E-state index contributed by atoms with van der Waals surface area (Å²) in [7, 11) is 0. The van der Waals surface area contributed by atoms with Gasteiger partial charge in [0, 0.05) is 0 Å². The van der Waals surface area contributed by atoms with Crippen LogP contribution in [-0.2, 0) is 16.0 Å². The van der Waals surface area contributed by atoms with Crippen molar-refractivity contribution < 1.29 is 14.0 Å². The van der Waals surface area contributed by atoms with Crippen molar-refractivity contribution in [1.29, 1.82) is 5.26 Å². The van der Waals surface area contributed by atoms with Crippen LogP contribution < -0.4 is 5.32 Å². The Hall–Kier alpha value is -2.13. The van der Waals surface area contributed by atoms with Crippen molar-refractivity contribution in [2.45, 2.75) is 18.6 Å². The van der Waals surface area contributed by atoms with Crippen molar-refractivity contribution in [3.63, 3.8) is 0 Å². The number of halogens is 1. The summed E-state index contributed by atoms with van der Waals surface area (Å²) >= 11 is 1.16. The average molecular weight is 290 g/mol. The minimum absolute atomic E-state index is 0.0371. The molecule has 0 spiro atoms. The standard InChI is InChI=1S/C14H11FN2O2S/c1-8(18)11(7-16)14-17-13(19)12(20-14)6-9-2-4-10(15)5-3-9/h2-5,12H,6H2,1H3,(H,17,19)/b14-11+/t12-/m0/s1. The second-order valence-corrected chi connectivity index (χ2v) is 5.51. The van der Waals surface area contributed by atoms with Crippen LogP contribution in [0.3, 0.4) is 0 Å².